The highest BCUT2D eigenvalue weighted by atomic mass is 19.4. The summed E-state index contributed by atoms with van der Waals surface area (Å²) in [7, 11) is 0. The van der Waals surface area contributed by atoms with Crippen LogP contribution < -0.4 is 5.69 Å². The molecule has 0 aliphatic heterocycles. The standard InChI is InChI=1S/C25H23F3N6O2/c1-14-5-2-3-8-18(14)34-21-17-9-10-29-22(17)30-12-19(21)33(24(34)35)13-20-31-23(36-32-20)15-6-4-7-16(11-15)25(26,27)28/h4,6-7,9-12,14,18H,2-3,5,8,13H2,1H3,(H,29,30)/t14-,18+/m1/s1. The largest absolute Gasteiger partial charge is 0.416 e. The predicted molar refractivity (Wildman–Crippen MR) is 126 cm³/mol. The van der Waals surface area contributed by atoms with Crippen LogP contribution in [-0.4, -0.2) is 29.2 Å². The van der Waals surface area contributed by atoms with Gasteiger partial charge in [-0.1, -0.05) is 31.0 Å². The van der Waals surface area contributed by atoms with Crippen molar-refractivity contribution in [2.45, 2.75) is 51.4 Å². The van der Waals surface area contributed by atoms with Gasteiger partial charge in [0.25, 0.3) is 5.89 Å². The van der Waals surface area contributed by atoms with Gasteiger partial charge < -0.3 is 9.51 Å². The van der Waals surface area contributed by atoms with Crippen LogP contribution in [0.3, 0.4) is 0 Å². The molecule has 5 aromatic rings. The van der Waals surface area contributed by atoms with E-state index in [9.17, 15) is 18.0 Å². The first-order chi connectivity index (χ1) is 17.3. The molecule has 1 aromatic carbocycles. The molecule has 0 radical (unpaired) electrons. The molecule has 36 heavy (non-hydrogen) atoms. The number of fused-ring (bicyclic) bond motifs is 3. The molecule has 0 unspecified atom stereocenters. The summed E-state index contributed by atoms with van der Waals surface area (Å²) < 4.78 is 48.1. The molecule has 1 saturated carbocycles. The molecule has 0 bridgehead atoms. The van der Waals surface area contributed by atoms with E-state index < -0.39 is 11.7 Å². The normalized spacial score (nSPS) is 18.9. The van der Waals surface area contributed by atoms with Crippen molar-refractivity contribution >= 4 is 22.1 Å². The lowest BCUT2D eigenvalue weighted by Gasteiger charge is -2.29. The summed E-state index contributed by atoms with van der Waals surface area (Å²) in [5, 5.41) is 4.81. The molecule has 1 aliphatic carbocycles. The average Bonchev–Trinajstić information content (AvgIpc) is 3.58. The van der Waals surface area contributed by atoms with Gasteiger partial charge in [-0.15, -0.1) is 0 Å². The lowest BCUT2D eigenvalue weighted by atomic mass is 9.85. The van der Waals surface area contributed by atoms with Gasteiger partial charge in [-0.3, -0.25) is 9.13 Å². The number of benzene rings is 1. The molecule has 1 fully saturated rings. The molecule has 2 atom stereocenters. The van der Waals surface area contributed by atoms with Crippen molar-refractivity contribution in [1.29, 1.82) is 0 Å². The highest BCUT2D eigenvalue weighted by Gasteiger charge is 2.31. The highest BCUT2D eigenvalue weighted by molar-refractivity contribution is 6.01. The van der Waals surface area contributed by atoms with Crippen LogP contribution in [0.25, 0.3) is 33.5 Å². The molecule has 0 spiro atoms. The van der Waals surface area contributed by atoms with Crippen LogP contribution in [0.4, 0.5) is 13.2 Å². The van der Waals surface area contributed by atoms with E-state index in [0.29, 0.717) is 17.1 Å². The lowest BCUT2D eigenvalue weighted by Crippen LogP contribution is -2.32. The van der Waals surface area contributed by atoms with Crippen molar-refractivity contribution in [2.24, 2.45) is 5.92 Å². The maximum absolute atomic E-state index is 13.8. The number of pyridine rings is 1. The zero-order chi connectivity index (χ0) is 25.0. The van der Waals surface area contributed by atoms with E-state index in [1.165, 1.54) is 12.1 Å². The number of hydrogen-bond acceptors (Lipinski definition) is 5. The summed E-state index contributed by atoms with van der Waals surface area (Å²) in [5.41, 5.74) is 1.32. The van der Waals surface area contributed by atoms with E-state index in [-0.39, 0.29) is 35.6 Å². The fourth-order valence-electron chi connectivity index (χ4n) is 5.31. The first-order valence-electron chi connectivity index (χ1n) is 11.9. The van der Waals surface area contributed by atoms with Gasteiger partial charge in [0.05, 0.1) is 29.3 Å². The molecule has 0 amide bonds. The minimum atomic E-state index is -4.49. The number of aromatic nitrogens is 6. The molecule has 11 heteroatoms. The van der Waals surface area contributed by atoms with Crippen LogP contribution in [0.2, 0.25) is 0 Å². The molecule has 1 aliphatic rings. The topological polar surface area (TPSA) is 94.5 Å². The van der Waals surface area contributed by atoms with E-state index in [2.05, 4.69) is 27.0 Å². The zero-order valence-corrected chi connectivity index (χ0v) is 19.4. The van der Waals surface area contributed by atoms with E-state index in [0.717, 1.165) is 48.7 Å². The SMILES string of the molecule is C[C@@H]1CCCC[C@@H]1n1c(=O)n(Cc2noc(-c3cccc(C(F)(F)F)c3)n2)c2cnc3[nH]ccc3c21. The Bertz CT molecular complexity index is 1630. The van der Waals surface area contributed by atoms with Crippen LogP contribution in [0, 0.1) is 5.92 Å². The summed E-state index contributed by atoms with van der Waals surface area (Å²) in [6.45, 7) is 2.18. The van der Waals surface area contributed by atoms with E-state index in [4.69, 9.17) is 4.52 Å². The molecule has 1 N–H and O–H groups in total. The first kappa shape index (κ1) is 22.6. The smallest absolute Gasteiger partial charge is 0.346 e. The van der Waals surface area contributed by atoms with Crippen LogP contribution in [0.1, 0.15) is 50.0 Å². The fourth-order valence-corrected chi connectivity index (χ4v) is 5.31. The molecular formula is C25H23F3N6O2. The van der Waals surface area contributed by atoms with Gasteiger partial charge in [0, 0.05) is 23.2 Å². The monoisotopic (exact) mass is 496 g/mol. The second-order valence-corrected chi connectivity index (χ2v) is 9.39. The molecule has 4 heterocycles. The Morgan fingerprint density at radius 2 is 2.03 bits per heavy atom. The molecule has 6 rings (SSSR count). The summed E-state index contributed by atoms with van der Waals surface area (Å²) >= 11 is 0. The Morgan fingerprint density at radius 3 is 2.83 bits per heavy atom. The lowest BCUT2D eigenvalue weighted by molar-refractivity contribution is -0.137. The summed E-state index contributed by atoms with van der Waals surface area (Å²) in [4.78, 5) is 25.7. The van der Waals surface area contributed by atoms with Gasteiger partial charge >= 0.3 is 11.9 Å². The number of aromatic amines is 1. The maximum atomic E-state index is 13.8. The first-order valence-corrected chi connectivity index (χ1v) is 11.9. The Kier molecular flexibility index (Phi) is 5.24. The van der Waals surface area contributed by atoms with Crippen LogP contribution in [0.15, 0.2) is 52.0 Å². The molecule has 186 valence electrons. The minimum absolute atomic E-state index is 0.00348. The minimum Gasteiger partial charge on any atom is -0.346 e. The second-order valence-electron chi connectivity index (χ2n) is 9.39. The Labute approximate surface area is 202 Å². The number of halogens is 3. The summed E-state index contributed by atoms with van der Waals surface area (Å²) in [6, 6.07) is 6.68. The third-order valence-corrected chi connectivity index (χ3v) is 7.11. The van der Waals surface area contributed by atoms with Gasteiger partial charge in [-0.2, -0.15) is 18.2 Å². The summed E-state index contributed by atoms with van der Waals surface area (Å²) in [6.07, 6.45) is 3.14. The van der Waals surface area contributed by atoms with Gasteiger partial charge in [0.1, 0.15) is 5.65 Å². The zero-order valence-electron chi connectivity index (χ0n) is 19.4. The number of nitrogens with zero attached hydrogens (tertiary/aromatic N) is 5. The van der Waals surface area contributed by atoms with E-state index in [1.54, 1.807) is 17.0 Å². The van der Waals surface area contributed by atoms with E-state index in [1.807, 2.05) is 10.6 Å². The average molecular weight is 496 g/mol. The van der Waals surface area contributed by atoms with Crippen LogP contribution in [-0.2, 0) is 12.7 Å². The number of H-pyrrole nitrogens is 1. The molecular weight excluding hydrogens is 473 g/mol. The molecule has 0 saturated heterocycles. The summed E-state index contributed by atoms with van der Waals surface area (Å²) in [5.74, 6) is 0.490. The second kappa shape index (κ2) is 8.35. The van der Waals surface area contributed by atoms with Crippen molar-refractivity contribution in [3.8, 4) is 11.5 Å². The number of alkyl halides is 3. The van der Waals surface area contributed by atoms with Crippen molar-refractivity contribution in [2.75, 3.05) is 0 Å². The number of imidazole rings is 1. The Morgan fingerprint density at radius 1 is 1.19 bits per heavy atom. The maximum Gasteiger partial charge on any atom is 0.416 e. The van der Waals surface area contributed by atoms with Gasteiger partial charge in [-0.25, -0.2) is 9.78 Å². The van der Waals surface area contributed by atoms with Crippen molar-refractivity contribution in [3.63, 3.8) is 0 Å². The van der Waals surface area contributed by atoms with Crippen molar-refractivity contribution < 1.29 is 17.7 Å². The van der Waals surface area contributed by atoms with Gasteiger partial charge in [0.15, 0.2) is 5.82 Å². The van der Waals surface area contributed by atoms with Gasteiger partial charge in [-0.05, 0) is 43.0 Å². The number of rotatable bonds is 4. The number of hydrogen-bond donors (Lipinski definition) is 1. The predicted octanol–water partition coefficient (Wildman–Crippen LogP) is 5.55. The fraction of sp³-hybridized carbons (Fsp3) is 0.360. The highest BCUT2D eigenvalue weighted by Crippen LogP contribution is 2.36. The van der Waals surface area contributed by atoms with Crippen molar-refractivity contribution in [3.05, 3.63) is 64.6 Å². The van der Waals surface area contributed by atoms with Crippen LogP contribution in [0.5, 0.6) is 0 Å². The van der Waals surface area contributed by atoms with Gasteiger partial charge in [0.2, 0.25) is 0 Å². The Hall–Kier alpha value is -3.89. The van der Waals surface area contributed by atoms with Crippen LogP contribution >= 0.6 is 0 Å². The third kappa shape index (κ3) is 3.69. The van der Waals surface area contributed by atoms with E-state index >= 15 is 0 Å². The van der Waals surface area contributed by atoms with Crippen molar-refractivity contribution in [1.82, 2.24) is 29.2 Å². The molecule has 4 aromatic heterocycles. The third-order valence-electron chi connectivity index (χ3n) is 7.11. The quantitative estimate of drug-likeness (QED) is 0.352. The molecule has 8 nitrogen and oxygen atoms in total. The number of nitrogens with one attached hydrogen (secondary N) is 1. The Balaban J connectivity index is 1.44.